The summed E-state index contributed by atoms with van der Waals surface area (Å²) in [7, 11) is -3.80. The highest BCUT2D eigenvalue weighted by molar-refractivity contribution is 7.92. The van der Waals surface area contributed by atoms with Crippen LogP contribution in [0.3, 0.4) is 0 Å². The van der Waals surface area contributed by atoms with Crippen LogP contribution in [-0.4, -0.2) is 50.5 Å². The molecule has 3 aromatic rings. The predicted octanol–water partition coefficient (Wildman–Crippen LogP) is 4.58. The molecule has 3 aromatic carbocycles. The molecule has 3 rings (SSSR count). The minimum Gasteiger partial charge on any atom is -0.354 e. The van der Waals surface area contributed by atoms with Gasteiger partial charge in [0.05, 0.1) is 11.9 Å². The molecule has 2 amide bonds. The molecule has 38 heavy (non-hydrogen) atoms. The third-order valence-corrected chi connectivity index (χ3v) is 7.53. The van der Waals surface area contributed by atoms with Gasteiger partial charge in [-0.15, -0.1) is 0 Å². The van der Waals surface area contributed by atoms with Crippen LogP contribution in [0, 0.1) is 6.92 Å². The Bertz CT molecular complexity index is 1330. The van der Waals surface area contributed by atoms with E-state index in [9.17, 15) is 18.0 Å². The van der Waals surface area contributed by atoms with E-state index in [1.54, 1.807) is 49.4 Å². The Hall–Kier alpha value is -3.36. The zero-order valence-electron chi connectivity index (χ0n) is 21.9. The number of para-hydroxylation sites is 1. The molecule has 0 aliphatic rings. The second-order valence-corrected chi connectivity index (χ2v) is 11.5. The van der Waals surface area contributed by atoms with Gasteiger partial charge in [-0.3, -0.25) is 13.9 Å². The van der Waals surface area contributed by atoms with Crippen molar-refractivity contribution < 1.29 is 18.0 Å². The number of benzene rings is 3. The molecule has 0 spiro atoms. The Labute approximate surface area is 230 Å². The van der Waals surface area contributed by atoms with Gasteiger partial charge in [-0.2, -0.15) is 0 Å². The molecule has 0 bridgehead atoms. The molecule has 0 radical (unpaired) electrons. The molecule has 202 valence electrons. The third kappa shape index (κ3) is 8.07. The number of hydrogen-bond acceptors (Lipinski definition) is 4. The van der Waals surface area contributed by atoms with Crippen LogP contribution in [0.4, 0.5) is 5.69 Å². The van der Waals surface area contributed by atoms with E-state index in [0.29, 0.717) is 17.3 Å². The van der Waals surface area contributed by atoms with E-state index >= 15 is 0 Å². The van der Waals surface area contributed by atoms with Crippen LogP contribution in [0.15, 0.2) is 78.9 Å². The topological polar surface area (TPSA) is 86.8 Å². The van der Waals surface area contributed by atoms with Crippen LogP contribution in [-0.2, 0) is 32.6 Å². The van der Waals surface area contributed by atoms with E-state index in [1.165, 1.54) is 4.90 Å². The summed E-state index contributed by atoms with van der Waals surface area (Å²) in [5.41, 5.74) is 2.80. The highest BCUT2D eigenvalue weighted by Crippen LogP contribution is 2.23. The zero-order valence-corrected chi connectivity index (χ0v) is 23.5. The Morgan fingerprint density at radius 2 is 1.55 bits per heavy atom. The molecule has 0 saturated carbocycles. The standard InChI is InChI=1S/C29H34ClN3O4S/c1-4-18-31-29(35)27(19-23-11-6-5-7-12-23)32(20-24-14-16-25(30)17-15-24)28(34)21-33(38(3,36)37)26-13-9-8-10-22(26)2/h5-17,27H,4,18-21H2,1-3H3,(H,31,35). The van der Waals surface area contributed by atoms with Crippen molar-refractivity contribution in [2.75, 3.05) is 23.7 Å². The first-order valence-electron chi connectivity index (χ1n) is 12.5. The van der Waals surface area contributed by atoms with Crippen molar-refractivity contribution in [1.29, 1.82) is 0 Å². The molecule has 0 aromatic heterocycles. The lowest BCUT2D eigenvalue weighted by atomic mass is 10.0. The van der Waals surface area contributed by atoms with Gasteiger partial charge in [0.15, 0.2) is 0 Å². The number of anilines is 1. The van der Waals surface area contributed by atoms with Crippen molar-refractivity contribution >= 4 is 39.1 Å². The van der Waals surface area contributed by atoms with E-state index in [2.05, 4.69) is 5.32 Å². The van der Waals surface area contributed by atoms with E-state index in [-0.39, 0.29) is 18.9 Å². The lowest BCUT2D eigenvalue weighted by Gasteiger charge is -2.33. The van der Waals surface area contributed by atoms with Gasteiger partial charge >= 0.3 is 0 Å². The van der Waals surface area contributed by atoms with Crippen LogP contribution >= 0.6 is 11.6 Å². The second kappa shape index (κ2) is 13.4. The normalized spacial score (nSPS) is 12.0. The van der Waals surface area contributed by atoms with Crippen molar-refractivity contribution in [3.8, 4) is 0 Å². The summed E-state index contributed by atoms with van der Waals surface area (Å²) in [6.45, 7) is 3.88. The number of sulfonamides is 1. The minimum absolute atomic E-state index is 0.110. The summed E-state index contributed by atoms with van der Waals surface area (Å²) in [6, 6.07) is 22.6. The number of carbonyl (C=O) groups excluding carboxylic acids is 2. The number of carbonyl (C=O) groups is 2. The van der Waals surface area contributed by atoms with Crippen molar-refractivity contribution in [3.05, 3.63) is 101 Å². The molecule has 1 N–H and O–H groups in total. The van der Waals surface area contributed by atoms with E-state index in [0.717, 1.165) is 33.7 Å². The summed E-state index contributed by atoms with van der Waals surface area (Å²) in [5, 5.41) is 3.47. The average Bonchev–Trinajstić information content (AvgIpc) is 2.89. The maximum atomic E-state index is 14.0. The molecule has 1 atom stereocenters. The van der Waals surface area contributed by atoms with E-state index in [1.807, 2.05) is 43.3 Å². The van der Waals surface area contributed by atoms with Gasteiger partial charge in [-0.1, -0.05) is 79.2 Å². The fourth-order valence-corrected chi connectivity index (χ4v) is 5.18. The van der Waals surface area contributed by atoms with Gasteiger partial charge in [-0.05, 0) is 48.2 Å². The molecule has 0 saturated heterocycles. The average molecular weight is 556 g/mol. The van der Waals surface area contributed by atoms with Crippen LogP contribution < -0.4 is 9.62 Å². The molecule has 7 nitrogen and oxygen atoms in total. The van der Waals surface area contributed by atoms with Crippen molar-refractivity contribution in [3.63, 3.8) is 0 Å². The third-order valence-electron chi connectivity index (χ3n) is 6.15. The van der Waals surface area contributed by atoms with Gasteiger partial charge in [0.1, 0.15) is 12.6 Å². The van der Waals surface area contributed by atoms with Gasteiger partial charge < -0.3 is 10.2 Å². The first-order valence-corrected chi connectivity index (χ1v) is 14.7. The van der Waals surface area contributed by atoms with Crippen molar-refractivity contribution in [2.45, 2.75) is 39.3 Å². The SMILES string of the molecule is CCCNC(=O)C(Cc1ccccc1)N(Cc1ccc(Cl)cc1)C(=O)CN(c1ccccc1C)S(C)(=O)=O. The molecule has 0 aliphatic carbocycles. The number of aryl methyl sites for hydroxylation is 1. The Morgan fingerprint density at radius 1 is 0.921 bits per heavy atom. The second-order valence-electron chi connectivity index (χ2n) is 9.20. The van der Waals surface area contributed by atoms with Gasteiger partial charge in [0, 0.05) is 24.5 Å². The Balaban J connectivity index is 2.04. The largest absolute Gasteiger partial charge is 0.354 e. The summed E-state index contributed by atoms with van der Waals surface area (Å²) < 4.78 is 26.8. The molecular formula is C29H34ClN3O4S. The molecule has 0 aliphatic heterocycles. The number of halogens is 1. The zero-order chi connectivity index (χ0) is 27.7. The molecular weight excluding hydrogens is 522 g/mol. The maximum absolute atomic E-state index is 14.0. The summed E-state index contributed by atoms with van der Waals surface area (Å²) in [6.07, 6.45) is 2.09. The monoisotopic (exact) mass is 555 g/mol. The fourth-order valence-electron chi connectivity index (χ4n) is 4.14. The molecule has 9 heteroatoms. The summed E-state index contributed by atoms with van der Waals surface area (Å²) in [5.74, 6) is -0.777. The van der Waals surface area contributed by atoms with Crippen LogP contribution in [0.1, 0.15) is 30.0 Å². The number of nitrogens with one attached hydrogen (secondary N) is 1. The summed E-state index contributed by atoms with van der Waals surface area (Å²) >= 11 is 6.07. The Morgan fingerprint density at radius 3 is 2.16 bits per heavy atom. The minimum atomic E-state index is -3.80. The lowest BCUT2D eigenvalue weighted by Crippen LogP contribution is -2.53. The van der Waals surface area contributed by atoms with Gasteiger partial charge in [0.2, 0.25) is 21.8 Å². The van der Waals surface area contributed by atoms with Crippen LogP contribution in [0.25, 0.3) is 0 Å². The van der Waals surface area contributed by atoms with E-state index < -0.39 is 28.5 Å². The number of nitrogens with zero attached hydrogens (tertiary/aromatic N) is 2. The highest BCUT2D eigenvalue weighted by Gasteiger charge is 2.33. The first-order chi connectivity index (χ1) is 18.1. The number of amides is 2. The maximum Gasteiger partial charge on any atom is 0.244 e. The molecule has 1 unspecified atom stereocenters. The van der Waals surface area contributed by atoms with Crippen molar-refractivity contribution in [1.82, 2.24) is 10.2 Å². The predicted molar refractivity (Wildman–Crippen MR) is 153 cm³/mol. The summed E-state index contributed by atoms with van der Waals surface area (Å²) in [4.78, 5) is 28.9. The highest BCUT2D eigenvalue weighted by atomic mass is 35.5. The smallest absolute Gasteiger partial charge is 0.244 e. The van der Waals surface area contributed by atoms with Crippen LogP contribution in [0.5, 0.6) is 0 Å². The number of rotatable bonds is 12. The van der Waals surface area contributed by atoms with Gasteiger partial charge in [0.25, 0.3) is 0 Å². The fraction of sp³-hybridized carbons (Fsp3) is 0.310. The van der Waals surface area contributed by atoms with Gasteiger partial charge in [-0.25, -0.2) is 8.42 Å². The molecule has 0 fully saturated rings. The quantitative estimate of drug-likeness (QED) is 0.354. The van der Waals surface area contributed by atoms with Crippen LogP contribution in [0.2, 0.25) is 5.02 Å². The lowest BCUT2D eigenvalue weighted by molar-refractivity contribution is -0.140. The van der Waals surface area contributed by atoms with E-state index in [4.69, 9.17) is 11.6 Å². The first kappa shape index (κ1) is 29.2. The number of hydrogen-bond donors (Lipinski definition) is 1. The Kier molecular flexibility index (Phi) is 10.3. The van der Waals surface area contributed by atoms with Crippen molar-refractivity contribution in [2.24, 2.45) is 0 Å². The molecule has 0 heterocycles.